The summed E-state index contributed by atoms with van der Waals surface area (Å²) in [5, 5.41) is 16.1. The number of hydrogen-bond donors (Lipinski definition) is 1. The lowest BCUT2D eigenvalue weighted by Gasteiger charge is -2.00. The van der Waals surface area contributed by atoms with Crippen molar-refractivity contribution >= 4 is 28.3 Å². The van der Waals surface area contributed by atoms with Crippen LogP contribution in [0.15, 0.2) is 54.9 Å². The second-order valence-electron chi connectivity index (χ2n) is 5.06. The predicted molar refractivity (Wildman–Crippen MR) is 84.1 cm³/mol. The molecule has 1 N–H and O–H groups in total. The molecule has 5 heteroatoms. The Morgan fingerprint density at radius 1 is 1.14 bits per heavy atom. The van der Waals surface area contributed by atoms with E-state index in [1.165, 1.54) is 0 Å². The topological polar surface area (TPSA) is 54.1 Å². The van der Waals surface area contributed by atoms with E-state index < -0.39 is 5.97 Å². The van der Waals surface area contributed by atoms with Gasteiger partial charge in [0, 0.05) is 16.8 Å². The van der Waals surface area contributed by atoms with Gasteiger partial charge in [0.05, 0.1) is 10.9 Å². The van der Waals surface area contributed by atoms with Crippen LogP contribution >= 0.6 is 11.6 Å². The fourth-order valence-corrected chi connectivity index (χ4v) is 2.47. The molecule has 3 aromatic rings. The van der Waals surface area contributed by atoms with Crippen LogP contribution in [0.2, 0.25) is 5.02 Å². The Labute approximate surface area is 132 Å². The molecule has 1 aromatic heterocycles. The Kier molecular flexibility index (Phi) is 4.02. The highest BCUT2D eigenvalue weighted by Gasteiger charge is 2.07. The van der Waals surface area contributed by atoms with Gasteiger partial charge in [0.1, 0.15) is 6.20 Å². The van der Waals surface area contributed by atoms with E-state index in [0.29, 0.717) is 10.6 Å². The quantitative estimate of drug-likeness (QED) is 0.753. The SMILES string of the molecule is O=C(O)c1ccc(CC[n+]2cc3cc(Cl)ccc3cn2)cc1. The van der Waals surface area contributed by atoms with Gasteiger partial charge in [0.2, 0.25) is 6.20 Å². The molecule has 3 rings (SSSR count). The van der Waals surface area contributed by atoms with Crippen molar-refractivity contribution in [1.82, 2.24) is 5.10 Å². The summed E-state index contributed by atoms with van der Waals surface area (Å²) in [6.07, 6.45) is 4.57. The first-order valence-electron chi connectivity index (χ1n) is 6.89. The van der Waals surface area contributed by atoms with E-state index in [9.17, 15) is 4.79 Å². The summed E-state index contributed by atoms with van der Waals surface area (Å²) in [4.78, 5) is 10.8. The highest BCUT2D eigenvalue weighted by molar-refractivity contribution is 6.31. The number of aromatic carboxylic acids is 1. The number of carbonyl (C=O) groups is 1. The summed E-state index contributed by atoms with van der Waals surface area (Å²) in [5.41, 5.74) is 1.38. The number of aromatic nitrogens is 2. The molecule has 0 aliphatic heterocycles. The van der Waals surface area contributed by atoms with E-state index in [1.54, 1.807) is 12.1 Å². The van der Waals surface area contributed by atoms with Crippen molar-refractivity contribution in [1.29, 1.82) is 0 Å². The van der Waals surface area contributed by atoms with Crippen molar-refractivity contribution < 1.29 is 14.6 Å². The van der Waals surface area contributed by atoms with E-state index in [1.807, 2.05) is 47.4 Å². The fraction of sp³-hybridized carbons (Fsp3) is 0.118. The van der Waals surface area contributed by atoms with Crippen LogP contribution in [-0.2, 0) is 13.0 Å². The molecule has 0 saturated carbocycles. The standard InChI is InChI=1S/C17H13ClN2O2/c18-16-6-5-14-10-19-20(11-15(14)9-16)8-7-12-1-3-13(4-2-12)17(21)22/h1-6,9-11H,7-8H2/p+1. The molecule has 110 valence electrons. The molecule has 0 radical (unpaired) electrons. The summed E-state index contributed by atoms with van der Waals surface area (Å²) in [6, 6.07) is 12.6. The Morgan fingerprint density at radius 3 is 2.64 bits per heavy atom. The number of carboxylic acids is 1. The Balaban J connectivity index is 1.74. The minimum Gasteiger partial charge on any atom is -0.478 e. The minimum atomic E-state index is -0.908. The molecule has 0 fully saturated rings. The lowest BCUT2D eigenvalue weighted by atomic mass is 10.1. The zero-order valence-corrected chi connectivity index (χ0v) is 12.5. The molecule has 1 heterocycles. The first kappa shape index (κ1) is 14.5. The van der Waals surface area contributed by atoms with E-state index in [-0.39, 0.29) is 0 Å². The molecule has 0 aliphatic rings. The van der Waals surface area contributed by atoms with Crippen molar-refractivity contribution in [2.75, 3.05) is 0 Å². The molecule has 0 unspecified atom stereocenters. The molecule has 0 amide bonds. The van der Waals surface area contributed by atoms with Crippen LogP contribution in [0, 0.1) is 0 Å². The highest BCUT2D eigenvalue weighted by atomic mass is 35.5. The summed E-state index contributed by atoms with van der Waals surface area (Å²) >= 11 is 6.01. The van der Waals surface area contributed by atoms with Gasteiger partial charge in [-0.2, -0.15) is 0 Å². The first-order valence-corrected chi connectivity index (χ1v) is 7.27. The monoisotopic (exact) mass is 313 g/mol. The van der Waals surface area contributed by atoms with Gasteiger partial charge in [0.15, 0.2) is 6.54 Å². The summed E-state index contributed by atoms with van der Waals surface area (Å²) in [7, 11) is 0. The first-order chi connectivity index (χ1) is 10.6. The summed E-state index contributed by atoms with van der Waals surface area (Å²) in [6.45, 7) is 0.717. The van der Waals surface area contributed by atoms with Crippen molar-refractivity contribution in [2.45, 2.75) is 13.0 Å². The Morgan fingerprint density at radius 2 is 1.91 bits per heavy atom. The third-order valence-corrected chi connectivity index (χ3v) is 3.75. The van der Waals surface area contributed by atoms with Gasteiger partial charge in [-0.3, -0.25) is 0 Å². The normalized spacial score (nSPS) is 10.8. The molecule has 22 heavy (non-hydrogen) atoms. The Hall–Kier alpha value is -2.46. The van der Waals surface area contributed by atoms with Gasteiger partial charge in [-0.25, -0.2) is 4.79 Å². The van der Waals surface area contributed by atoms with Crippen LogP contribution in [0.1, 0.15) is 15.9 Å². The van der Waals surface area contributed by atoms with Gasteiger partial charge < -0.3 is 5.11 Å². The third kappa shape index (κ3) is 3.23. The van der Waals surface area contributed by atoms with Gasteiger partial charge in [-0.05, 0) is 34.9 Å². The van der Waals surface area contributed by atoms with E-state index in [4.69, 9.17) is 16.7 Å². The molecule has 2 aromatic carbocycles. The molecule has 0 atom stereocenters. The fourth-order valence-electron chi connectivity index (χ4n) is 2.29. The van der Waals surface area contributed by atoms with Crippen molar-refractivity contribution in [3.63, 3.8) is 0 Å². The number of carboxylic acid groups (broad SMARTS) is 1. The van der Waals surface area contributed by atoms with Gasteiger partial charge in [-0.15, -0.1) is 0 Å². The van der Waals surface area contributed by atoms with Crippen molar-refractivity contribution in [3.05, 3.63) is 71.0 Å². The number of fused-ring (bicyclic) bond motifs is 1. The maximum absolute atomic E-state index is 10.8. The van der Waals surface area contributed by atoms with Crippen molar-refractivity contribution in [3.8, 4) is 0 Å². The van der Waals surface area contributed by atoms with Crippen LogP contribution in [0.4, 0.5) is 0 Å². The third-order valence-electron chi connectivity index (χ3n) is 3.51. The largest absolute Gasteiger partial charge is 0.478 e. The molecule has 0 aliphatic carbocycles. The maximum Gasteiger partial charge on any atom is 0.335 e. The predicted octanol–water partition coefficient (Wildman–Crippen LogP) is 3.12. The zero-order chi connectivity index (χ0) is 15.5. The molecule has 0 saturated heterocycles. The number of aryl methyl sites for hydroxylation is 2. The van der Waals surface area contributed by atoms with Crippen LogP contribution in [-0.4, -0.2) is 16.2 Å². The molecular weight excluding hydrogens is 300 g/mol. The summed E-state index contributed by atoms with van der Waals surface area (Å²) < 4.78 is 1.86. The average molecular weight is 314 g/mol. The number of nitrogens with zero attached hydrogens (tertiary/aromatic N) is 2. The molecule has 0 bridgehead atoms. The van der Waals surface area contributed by atoms with Crippen LogP contribution < -0.4 is 4.68 Å². The minimum absolute atomic E-state index is 0.301. The van der Waals surface area contributed by atoms with Crippen LogP contribution in [0.5, 0.6) is 0 Å². The van der Waals surface area contributed by atoms with Gasteiger partial charge in [0.25, 0.3) is 0 Å². The number of hydrogen-bond acceptors (Lipinski definition) is 2. The number of halogens is 1. The second kappa shape index (κ2) is 6.12. The highest BCUT2D eigenvalue weighted by Crippen LogP contribution is 2.16. The molecule has 0 spiro atoms. The molecule has 4 nitrogen and oxygen atoms in total. The van der Waals surface area contributed by atoms with E-state index in [0.717, 1.165) is 29.3 Å². The van der Waals surface area contributed by atoms with Crippen LogP contribution in [0.3, 0.4) is 0 Å². The van der Waals surface area contributed by atoms with Crippen LogP contribution in [0.25, 0.3) is 10.8 Å². The second-order valence-corrected chi connectivity index (χ2v) is 5.50. The summed E-state index contributed by atoms with van der Waals surface area (Å²) in [5.74, 6) is -0.908. The van der Waals surface area contributed by atoms with Gasteiger partial charge >= 0.3 is 5.97 Å². The maximum atomic E-state index is 10.8. The Bertz CT molecular complexity index is 832. The lowest BCUT2D eigenvalue weighted by molar-refractivity contribution is -0.752. The van der Waals surface area contributed by atoms with Gasteiger partial charge in [-0.1, -0.05) is 34.5 Å². The average Bonchev–Trinajstić information content (AvgIpc) is 2.53. The molecular formula is C17H14ClN2O2+. The number of benzene rings is 2. The smallest absolute Gasteiger partial charge is 0.335 e. The van der Waals surface area contributed by atoms with Crippen molar-refractivity contribution in [2.24, 2.45) is 0 Å². The zero-order valence-electron chi connectivity index (χ0n) is 11.7. The van der Waals surface area contributed by atoms with E-state index >= 15 is 0 Å². The number of rotatable bonds is 4. The van der Waals surface area contributed by atoms with E-state index in [2.05, 4.69) is 5.10 Å². The lowest BCUT2D eigenvalue weighted by Crippen LogP contribution is -2.38.